The van der Waals surface area contributed by atoms with Gasteiger partial charge in [-0.1, -0.05) is 88.8 Å². The molecule has 0 spiro atoms. The molecule has 0 amide bonds. The lowest BCUT2D eigenvalue weighted by Gasteiger charge is -2.23. The van der Waals surface area contributed by atoms with Crippen LogP contribution in [-0.4, -0.2) is 63.8 Å². The fourth-order valence-electron chi connectivity index (χ4n) is 5.51. The van der Waals surface area contributed by atoms with Crippen molar-refractivity contribution in [1.29, 1.82) is 0 Å². The molecule has 3 rings (SSSR count). The van der Waals surface area contributed by atoms with Gasteiger partial charge in [-0.05, 0) is 51.7 Å². The molecular formula is C40H58O8. The second-order valence-electron chi connectivity index (χ2n) is 12.7. The van der Waals surface area contributed by atoms with Crippen molar-refractivity contribution in [2.45, 2.75) is 118 Å². The lowest BCUT2D eigenvalue weighted by atomic mass is 9.97. The summed E-state index contributed by atoms with van der Waals surface area (Å²) < 4.78 is 36.6. The first-order valence-electron chi connectivity index (χ1n) is 18.1. The maximum absolute atomic E-state index is 12.5. The molecule has 0 bridgehead atoms. The van der Waals surface area contributed by atoms with Gasteiger partial charge in [-0.25, -0.2) is 0 Å². The minimum atomic E-state index is -0.544. The summed E-state index contributed by atoms with van der Waals surface area (Å²) >= 11 is 0. The van der Waals surface area contributed by atoms with Crippen LogP contribution < -0.4 is 9.47 Å². The van der Waals surface area contributed by atoms with Gasteiger partial charge in [0.1, 0.15) is 24.7 Å². The molecule has 2 unspecified atom stereocenters. The van der Waals surface area contributed by atoms with E-state index in [1.807, 2.05) is 39.8 Å². The van der Waals surface area contributed by atoms with Crippen LogP contribution in [0.2, 0.25) is 0 Å². The molecule has 8 nitrogen and oxygen atoms in total. The average Bonchev–Trinajstić information content (AvgIpc) is 3.05. The smallest absolute Gasteiger partial charge is 0.306 e. The highest BCUT2D eigenvalue weighted by Gasteiger charge is 2.22. The molecule has 3 aromatic rings. The monoisotopic (exact) mass is 666 g/mol. The van der Waals surface area contributed by atoms with Gasteiger partial charge in [-0.2, -0.15) is 0 Å². The van der Waals surface area contributed by atoms with Crippen LogP contribution in [0.4, 0.5) is 0 Å². The standard InChI is InChI=1S/C40H58O8/c1-7-11-13-21-43-25-31(47-37(41)15-9-3)27-45-39-33-19-17-30(6)24-36(33)40(34-20-18-29(5)23-35(34)39)46-28-32(48-38(42)16-10-4)26-44-22-14-12-8-2/h17-20,23-24,31-32H,7-16,21-22,25-28H2,1-6H3. The molecule has 8 heteroatoms. The molecular weight excluding hydrogens is 608 g/mol. The molecule has 2 atom stereocenters. The van der Waals surface area contributed by atoms with E-state index in [-0.39, 0.29) is 38.4 Å². The number of esters is 2. The Bertz CT molecular complexity index is 1310. The minimum absolute atomic E-state index is 0.153. The van der Waals surface area contributed by atoms with Crippen LogP contribution in [0.5, 0.6) is 11.5 Å². The molecule has 0 N–H and O–H groups in total. The zero-order valence-corrected chi connectivity index (χ0v) is 30.2. The maximum Gasteiger partial charge on any atom is 0.306 e. The summed E-state index contributed by atoms with van der Waals surface area (Å²) in [5, 5.41) is 3.54. The highest BCUT2D eigenvalue weighted by molar-refractivity contribution is 6.11. The van der Waals surface area contributed by atoms with E-state index in [2.05, 4.69) is 38.1 Å². The molecule has 0 saturated heterocycles. The average molecular weight is 667 g/mol. The van der Waals surface area contributed by atoms with Crippen LogP contribution in [0.3, 0.4) is 0 Å². The summed E-state index contributed by atoms with van der Waals surface area (Å²) in [6.45, 7) is 14.4. The predicted molar refractivity (Wildman–Crippen MR) is 192 cm³/mol. The van der Waals surface area contributed by atoms with E-state index in [0.717, 1.165) is 71.2 Å². The van der Waals surface area contributed by atoms with Crippen LogP contribution in [-0.2, 0) is 28.5 Å². The van der Waals surface area contributed by atoms with Gasteiger partial charge in [0, 0.05) is 47.6 Å². The summed E-state index contributed by atoms with van der Waals surface area (Å²) in [5.41, 5.74) is 2.14. The van der Waals surface area contributed by atoms with Crippen molar-refractivity contribution >= 4 is 33.5 Å². The highest BCUT2D eigenvalue weighted by atomic mass is 16.6. The van der Waals surface area contributed by atoms with Crippen molar-refractivity contribution in [3.8, 4) is 11.5 Å². The van der Waals surface area contributed by atoms with Gasteiger partial charge in [-0.15, -0.1) is 0 Å². The predicted octanol–water partition coefficient (Wildman–Crippen LogP) is 9.20. The van der Waals surface area contributed by atoms with Crippen molar-refractivity contribution in [1.82, 2.24) is 0 Å². The van der Waals surface area contributed by atoms with Gasteiger partial charge >= 0.3 is 11.9 Å². The summed E-state index contributed by atoms with van der Waals surface area (Å²) in [6.07, 6.45) is 7.36. The van der Waals surface area contributed by atoms with Crippen LogP contribution in [0.25, 0.3) is 21.5 Å². The SMILES string of the molecule is CCCCCOCC(COc1c2ccc(C)cc2c(OCC(COCCCCC)OC(=O)CCC)c2ccc(C)cc12)OC(=O)CCC. The van der Waals surface area contributed by atoms with E-state index >= 15 is 0 Å². The van der Waals surface area contributed by atoms with E-state index in [1.165, 1.54) is 0 Å². The van der Waals surface area contributed by atoms with E-state index < -0.39 is 12.2 Å². The Balaban J connectivity index is 1.95. The Morgan fingerprint density at radius 3 is 1.33 bits per heavy atom. The molecule has 0 aliphatic heterocycles. The summed E-state index contributed by atoms with van der Waals surface area (Å²) in [6, 6.07) is 12.4. The molecule has 0 fully saturated rings. The Labute approximate surface area is 287 Å². The Morgan fingerprint density at radius 1 is 0.542 bits per heavy atom. The molecule has 3 aromatic carbocycles. The Kier molecular flexibility index (Phi) is 17.6. The Morgan fingerprint density at radius 2 is 0.958 bits per heavy atom. The minimum Gasteiger partial charge on any atom is -0.488 e. The number of ether oxygens (including phenoxy) is 6. The molecule has 0 aromatic heterocycles. The maximum atomic E-state index is 12.5. The molecule has 266 valence electrons. The normalized spacial score (nSPS) is 12.6. The highest BCUT2D eigenvalue weighted by Crippen LogP contribution is 2.43. The summed E-state index contributed by atoms with van der Waals surface area (Å²) in [7, 11) is 0. The van der Waals surface area contributed by atoms with Gasteiger partial charge in [0.15, 0.2) is 12.2 Å². The third kappa shape index (κ3) is 12.6. The van der Waals surface area contributed by atoms with Crippen LogP contribution in [0.15, 0.2) is 36.4 Å². The van der Waals surface area contributed by atoms with Crippen molar-refractivity contribution in [3.63, 3.8) is 0 Å². The number of carbonyl (C=O) groups excluding carboxylic acids is 2. The van der Waals surface area contributed by atoms with Crippen molar-refractivity contribution in [2.24, 2.45) is 0 Å². The topological polar surface area (TPSA) is 89.5 Å². The zero-order chi connectivity index (χ0) is 34.7. The van der Waals surface area contributed by atoms with Crippen molar-refractivity contribution in [3.05, 3.63) is 47.5 Å². The lowest BCUT2D eigenvalue weighted by molar-refractivity contribution is -0.155. The van der Waals surface area contributed by atoms with E-state index in [0.29, 0.717) is 50.4 Å². The molecule has 0 aliphatic rings. The first kappa shape index (κ1) is 39.1. The first-order chi connectivity index (χ1) is 23.3. The molecule has 0 saturated carbocycles. The van der Waals surface area contributed by atoms with Gasteiger partial charge < -0.3 is 28.4 Å². The van der Waals surface area contributed by atoms with Crippen molar-refractivity contribution < 1.29 is 38.0 Å². The number of hydrogen-bond acceptors (Lipinski definition) is 8. The quantitative estimate of drug-likeness (QED) is 0.0531. The van der Waals surface area contributed by atoms with E-state index in [4.69, 9.17) is 28.4 Å². The second-order valence-corrected chi connectivity index (χ2v) is 12.7. The van der Waals surface area contributed by atoms with Crippen molar-refractivity contribution in [2.75, 3.05) is 39.6 Å². The first-order valence-corrected chi connectivity index (χ1v) is 18.1. The van der Waals surface area contributed by atoms with Crippen LogP contribution in [0.1, 0.15) is 103 Å². The third-order valence-corrected chi connectivity index (χ3v) is 8.05. The number of carbonyl (C=O) groups is 2. The summed E-state index contributed by atoms with van der Waals surface area (Å²) in [4.78, 5) is 25.0. The van der Waals surface area contributed by atoms with E-state index in [9.17, 15) is 9.59 Å². The zero-order valence-electron chi connectivity index (χ0n) is 30.2. The number of unbranched alkanes of at least 4 members (excludes halogenated alkanes) is 4. The van der Waals surface area contributed by atoms with Crippen LogP contribution >= 0.6 is 0 Å². The van der Waals surface area contributed by atoms with Gasteiger partial charge in [0.05, 0.1) is 13.2 Å². The number of hydrogen-bond donors (Lipinski definition) is 0. The van der Waals surface area contributed by atoms with E-state index in [1.54, 1.807) is 0 Å². The number of aryl methyl sites for hydroxylation is 2. The van der Waals surface area contributed by atoms with Crippen LogP contribution in [0, 0.1) is 13.8 Å². The third-order valence-electron chi connectivity index (χ3n) is 8.05. The number of benzene rings is 3. The molecule has 0 radical (unpaired) electrons. The number of fused-ring (bicyclic) bond motifs is 2. The van der Waals surface area contributed by atoms with Gasteiger partial charge in [-0.3, -0.25) is 9.59 Å². The Hall–Kier alpha value is -3.36. The number of rotatable bonds is 24. The molecule has 0 aliphatic carbocycles. The molecule has 0 heterocycles. The fourth-order valence-corrected chi connectivity index (χ4v) is 5.51. The molecule has 48 heavy (non-hydrogen) atoms. The van der Waals surface area contributed by atoms with Gasteiger partial charge in [0.25, 0.3) is 0 Å². The lowest BCUT2D eigenvalue weighted by Crippen LogP contribution is -2.30. The fraction of sp³-hybridized carbons (Fsp3) is 0.600. The summed E-state index contributed by atoms with van der Waals surface area (Å²) in [5.74, 6) is 0.890. The second kappa shape index (κ2) is 21.6. The largest absolute Gasteiger partial charge is 0.488 e. The van der Waals surface area contributed by atoms with Gasteiger partial charge in [0.2, 0.25) is 0 Å².